The van der Waals surface area contributed by atoms with Gasteiger partial charge < -0.3 is 14.0 Å². The Morgan fingerprint density at radius 2 is 1.94 bits per heavy atom. The van der Waals surface area contributed by atoms with Gasteiger partial charge in [0.05, 0.1) is 19.4 Å². The van der Waals surface area contributed by atoms with Crippen LogP contribution in [0.3, 0.4) is 0 Å². The third kappa shape index (κ3) is 4.60. The van der Waals surface area contributed by atoms with Gasteiger partial charge in [-0.2, -0.15) is 0 Å². The second-order valence-electron chi connectivity index (χ2n) is 6.91. The molecule has 0 saturated carbocycles. The summed E-state index contributed by atoms with van der Waals surface area (Å²) in [5, 5.41) is 12.7. The van der Waals surface area contributed by atoms with Gasteiger partial charge in [-0.1, -0.05) is 36.0 Å². The van der Waals surface area contributed by atoms with Crippen LogP contribution in [-0.2, 0) is 12.8 Å². The minimum Gasteiger partial charge on any atom is -0.493 e. The van der Waals surface area contributed by atoms with Crippen molar-refractivity contribution in [3.8, 4) is 33.5 Å². The van der Waals surface area contributed by atoms with Crippen LogP contribution in [0.5, 0.6) is 11.5 Å². The fourth-order valence-electron chi connectivity index (χ4n) is 3.22. The van der Waals surface area contributed by atoms with Crippen LogP contribution in [0.4, 0.5) is 0 Å². The predicted octanol–water partition coefficient (Wildman–Crippen LogP) is 5.61. The highest BCUT2D eigenvalue weighted by molar-refractivity contribution is 7.98. The van der Waals surface area contributed by atoms with E-state index < -0.39 is 0 Å². The number of aromatic nitrogens is 4. The van der Waals surface area contributed by atoms with Crippen molar-refractivity contribution in [1.29, 1.82) is 0 Å². The molecule has 8 heteroatoms. The fourth-order valence-corrected chi connectivity index (χ4v) is 4.94. The van der Waals surface area contributed by atoms with Crippen LogP contribution in [-0.4, -0.2) is 33.5 Å². The summed E-state index contributed by atoms with van der Waals surface area (Å²) in [7, 11) is 3.65. The molecular formula is C23H24N4O2S2. The average Bonchev–Trinajstić information content (AvgIpc) is 3.40. The normalized spacial score (nSPS) is 11.0. The van der Waals surface area contributed by atoms with Gasteiger partial charge >= 0.3 is 0 Å². The van der Waals surface area contributed by atoms with Gasteiger partial charge in [-0.15, -0.1) is 21.5 Å². The molecule has 0 atom stereocenters. The van der Waals surface area contributed by atoms with Gasteiger partial charge in [0.15, 0.2) is 22.5 Å². The number of nitrogens with zero attached hydrogens (tertiary/aromatic N) is 4. The molecule has 6 nitrogen and oxygen atoms in total. The van der Waals surface area contributed by atoms with Crippen molar-refractivity contribution in [1.82, 2.24) is 19.7 Å². The molecule has 31 heavy (non-hydrogen) atoms. The molecule has 0 N–H and O–H groups in total. The third-order valence-electron chi connectivity index (χ3n) is 4.83. The standard InChI is InChI=1S/C23H24N4O2S2/c1-5-29-19-11-10-16(12-20(19)28-4)22-24-17(13-30-22)14-31-23-26-25-21(27(23)3)18-9-7-6-8-15(18)2/h6-13H,5,14H2,1-4H3. The van der Waals surface area contributed by atoms with Crippen molar-refractivity contribution in [2.75, 3.05) is 13.7 Å². The lowest BCUT2D eigenvalue weighted by atomic mass is 10.1. The van der Waals surface area contributed by atoms with Gasteiger partial charge in [0, 0.05) is 29.3 Å². The summed E-state index contributed by atoms with van der Waals surface area (Å²) in [5.74, 6) is 3.06. The Bertz CT molecular complexity index is 1190. The fraction of sp³-hybridized carbons (Fsp3) is 0.261. The second kappa shape index (κ2) is 9.53. The molecular weight excluding hydrogens is 428 g/mol. The van der Waals surface area contributed by atoms with Crippen LogP contribution in [0.2, 0.25) is 0 Å². The first-order valence-electron chi connectivity index (χ1n) is 9.94. The Kier molecular flexibility index (Phi) is 6.58. The number of benzene rings is 2. The highest BCUT2D eigenvalue weighted by Gasteiger charge is 2.14. The van der Waals surface area contributed by atoms with E-state index in [0.29, 0.717) is 12.4 Å². The Balaban J connectivity index is 1.48. The zero-order valence-corrected chi connectivity index (χ0v) is 19.6. The molecule has 0 aliphatic carbocycles. The summed E-state index contributed by atoms with van der Waals surface area (Å²) in [4.78, 5) is 4.80. The molecule has 0 saturated heterocycles. The third-order valence-corrected chi connectivity index (χ3v) is 6.83. The lowest BCUT2D eigenvalue weighted by molar-refractivity contribution is 0.311. The van der Waals surface area contributed by atoms with Gasteiger partial charge in [-0.3, -0.25) is 0 Å². The van der Waals surface area contributed by atoms with Crippen molar-refractivity contribution in [3.05, 3.63) is 59.1 Å². The molecule has 160 valence electrons. The van der Waals surface area contributed by atoms with E-state index in [1.54, 1.807) is 30.2 Å². The summed E-state index contributed by atoms with van der Waals surface area (Å²) in [6, 6.07) is 14.1. The first-order valence-corrected chi connectivity index (χ1v) is 11.8. The maximum atomic E-state index is 5.60. The lowest BCUT2D eigenvalue weighted by Crippen LogP contribution is -1.96. The molecule has 2 aromatic carbocycles. The van der Waals surface area contributed by atoms with Crippen molar-refractivity contribution in [2.24, 2.45) is 7.05 Å². The largest absolute Gasteiger partial charge is 0.493 e. The number of rotatable bonds is 8. The van der Waals surface area contributed by atoms with Crippen molar-refractivity contribution in [2.45, 2.75) is 24.8 Å². The SMILES string of the molecule is CCOc1ccc(-c2nc(CSc3nnc(-c4ccccc4C)n3C)cs2)cc1OC. The smallest absolute Gasteiger partial charge is 0.191 e. The van der Waals surface area contributed by atoms with E-state index in [4.69, 9.17) is 14.5 Å². The molecule has 0 spiro atoms. The lowest BCUT2D eigenvalue weighted by Gasteiger charge is -2.09. The summed E-state index contributed by atoms with van der Waals surface area (Å²) in [5.41, 5.74) is 4.31. The quantitative estimate of drug-likeness (QED) is 0.324. The van der Waals surface area contributed by atoms with Gasteiger partial charge in [0.2, 0.25) is 0 Å². The molecule has 4 aromatic rings. The molecule has 0 radical (unpaired) electrons. The molecule has 0 aliphatic rings. The molecule has 0 unspecified atom stereocenters. The molecule has 4 rings (SSSR count). The molecule has 0 aliphatic heterocycles. The Morgan fingerprint density at radius 1 is 1.10 bits per heavy atom. The van der Waals surface area contributed by atoms with Crippen molar-refractivity contribution >= 4 is 23.1 Å². The number of ether oxygens (including phenoxy) is 2. The average molecular weight is 453 g/mol. The maximum absolute atomic E-state index is 5.60. The van der Waals surface area contributed by atoms with Crippen LogP contribution in [0.25, 0.3) is 22.0 Å². The molecule has 0 amide bonds. The number of hydrogen-bond donors (Lipinski definition) is 0. The Labute approximate surface area is 190 Å². The van der Waals surface area contributed by atoms with Crippen LogP contribution in [0.1, 0.15) is 18.2 Å². The van der Waals surface area contributed by atoms with E-state index in [2.05, 4.69) is 34.6 Å². The van der Waals surface area contributed by atoms with E-state index in [0.717, 1.165) is 44.3 Å². The molecule has 2 aromatic heterocycles. The number of thioether (sulfide) groups is 1. The first kappa shape index (κ1) is 21.4. The van der Waals surface area contributed by atoms with E-state index in [9.17, 15) is 0 Å². The number of hydrogen-bond acceptors (Lipinski definition) is 7. The van der Waals surface area contributed by atoms with Crippen LogP contribution in [0, 0.1) is 6.92 Å². The molecule has 0 bridgehead atoms. The van der Waals surface area contributed by atoms with Gasteiger partial charge in [0.25, 0.3) is 0 Å². The highest BCUT2D eigenvalue weighted by Crippen LogP contribution is 2.35. The maximum Gasteiger partial charge on any atom is 0.191 e. The predicted molar refractivity (Wildman–Crippen MR) is 126 cm³/mol. The summed E-state index contributed by atoms with van der Waals surface area (Å²) in [6.45, 7) is 4.64. The molecule has 0 fully saturated rings. The summed E-state index contributed by atoms with van der Waals surface area (Å²) in [6.07, 6.45) is 0. The zero-order chi connectivity index (χ0) is 21.8. The minimum atomic E-state index is 0.599. The summed E-state index contributed by atoms with van der Waals surface area (Å²) < 4.78 is 13.1. The van der Waals surface area contributed by atoms with Crippen LogP contribution in [0.15, 0.2) is 53.0 Å². The molecule has 2 heterocycles. The van der Waals surface area contributed by atoms with E-state index in [-0.39, 0.29) is 0 Å². The van der Waals surface area contributed by atoms with Crippen molar-refractivity contribution in [3.63, 3.8) is 0 Å². The Hall–Kier alpha value is -2.84. The highest BCUT2D eigenvalue weighted by atomic mass is 32.2. The number of aryl methyl sites for hydroxylation is 1. The topological polar surface area (TPSA) is 62.1 Å². The van der Waals surface area contributed by atoms with Crippen molar-refractivity contribution < 1.29 is 9.47 Å². The van der Waals surface area contributed by atoms with E-state index >= 15 is 0 Å². The monoisotopic (exact) mass is 452 g/mol. The zero-order valence-electron chi connectivity index (χ0n) is 18.0. The number of methoxy groups -OCH3 is 1. The number of thiazole rings is 1. The van der Waals surface area contributed by atoms with E-state index in [1.165, 1.54) is 5.56 Å². The van der Waals surface area contributed by atoms with Gasteiger partial charge in [0.1, 0.15) is 5.01 Å². The first-order chi connectivity index (χ1) is 15.1. The van der Waals surface area contributed by atoms with Gasteiger partial charge in [-0.05, 0) is 37.6 Å². The Morgan fingerprint density at radius 3 is 2.71 bits per heavy atom. The minimum absolute atomic E-state index is 0.599. The second-order valence-corrected chi connectivity index (χ2v) is 8.71. The van der Waals surface area contributed by atoms with Crippen LogP contribution >= 0.6 is 23.1 Å². The van der Waals surface area contributed by atoms with E-state index in [1.807, 2.05) is 48.9 Å². The van der Waals surface area contributed by atoms with Gasteiger partial charge in [-0.25, -0.2) is 4.98 Å². The van der Waals surface area contributed by atoms with Crippen LogP contribution < -0.4 is 9.47 Å². The summed E-state index contributed by atoms with van der Waals surface area (Å²) >= 11 is 3.26.